The van der Waals surface area contributed by atoms with E-state index in [-0.39, 0.29) is 5.60 Å². The highest BCUT2D eigenvalue weighted by Gasteiger charge is 2.38. The second-order valence-electron chi connectivity index (χ2n) is 6.85. The van der Waals surface area contributed by atoms with E-state index in [4.69, 9.17) is 4.74 Å². The summed E-state index contributed by atoms with van der Waals surface area (Å²) >= 11 is 0. The Hall–Kier alpha value is -0.0800. The summed E-state index contributed by atoms with van der Waals surface area (Å²) in [7, 11) is 0. The molecule has 1 atom stereocenters. The van der Waals surface area contributed by atoms with E-state index in [0.717, 1.165) is 19.0 Å². The van der Waals surface area contributed by atoms with Crippen molar-refractivity contribution in [2.45, 2.75) is 82.3 Å². The van der Waals surface area contributed by atoms with Crippen molar-refractivity contribution in [3.05, 3.63) is 0 Å². The Morgan fingerprint density at radius 1 is 0.944 bits per heavy atom. The van der Waals surface area contributed by atoms with Gasteiger partial charge in [-0.1, -0.05) is 51.4 Å². The zero-order valence-corrected chi connectivity index (χ0v) is 11.8. The van der Waals surface area contributed by atoms with Crippen molar-refractivity contribution in [2.24, 2.45) is 5.92 Å². The Labute approximate surface area is 112 Å². The number of hydrogen-bond acceptors (Lipinski definition) is 2. The van der Waals surface area contributed by atoms with Crippen molar-refractivity contribution < 1.29 is 4.74 Å². The molecule has 18 heavy (non-hydrogen) atoms. The lowest BCUT2D eigenvalue weighted by Crippen LogP contribution is -2.54. The molecule has 2 heteroatoms. The van der Waals surface area contributed by atoms with Crippen LogP contribution < -0.4 is 5.32 Å². The molecule has 0 bridgehead atoms. The molecular formula is C16H29NO. The van der Waals surface area contributed by atoms with Gasteiger partial charge in [0.15, 0.2) is 0 Å². The minimum absolute atomic E-state index is 0.206. The lowest BCUT2D eigenvalue weighted by Gasteiger charge is -2.42. The largest absolute Gasteiger partial charge is 0.369 e. The molecular weight excluding hydrogens is 222 g/mol. The average Bonchev–Trinajstić information content (AvgIpc) is 2.78. The van der Waals surface area contributed by atoms with Crippen molar-refractivity contribution in [3.63, 3.8) is 0 Å². The van der Waals surface area contributed by atoms with Crippen molar-refractivity contribution in [1.29, 1.82) is 0 Å². The van der Waals surface area contributed by atoms with E-state index in [0.29, 0.717) is 6.10 Å². The van der Waals surface area contributed by atoms with E-state index in [2.05, 4.69) is 5.32 Å². The summed E-state index contributed by atoms with van der Waals surface area (Å²) in [5.74, 6) is 0.956. The number of ether oxygens (including phenoxy) is 1. The van der Waals surface area contributed by atoms with Gasteiger partial charge in [-0.3, -0.25) is 0 Å². The summed E-state index contributed by atoms with van der Waals surface area (Å²) in [5, 5.41) is 3.67. The SMILES string of the molecule is C1CCCC2(CC1)CNCC(CC1CCCC1)O2. The Balaban J connectivity index is 1.56. The van der Waals surface area contributed by atoms with Crippen molar-refractivity contribution in [2.75, 3.05) is 13.1 Å². The van der Waals surface area contributed by atoms with Crippen LogP contribution in [0, 0.1) is 5.92 Å². The summed E-state index contributed by atoms with van der Waals surface area (Å²) in [5.41, 5.74) is 0.206. The summed E-state index contributed by atoms with van der Waals surface area (Å²) in [4.78, 5) is 0. The minimum atomic E-state index is 0.206. The molecule has 3 rings (SSSR count). The third kappa shape index (κ3) is 3.08. The van der Waals surface area contributed by atoms with Gasteiger partial charge in [0.1, 0.15) is 0 Å². The molecule has 2 aliphatic carbocycles. The molecule has 1 saturated heterocycles. The zero-order chi connectivity index (χ0) is 12.3. The molecule has 1 unspecified atom stereocenters. The van der Waals surface area contributed by atoms with Crippen LogP contribution in [0.1, 0.15) is 70.6 Å². The van der Waals surface area contributed by atoms with Crippen molar-refractivity contribution in [1.82, 2.24) is 5.32 Å². The monoisotopic (exact) mass is 251 g/mol. The topological polar surface area (TPSA) is 21.3 Å². The summed E-state index contributed by atoms with van der Waals surface area (Å²) in [6.45, 7) is 2.20. The normalized spacial score (nSPS) is 33.7. The number of hydrogen-bond donors (Lipinski definition) is 1. The van der Waals surface area contributed by atoms with E-state index in [9.17, 15) is 0 Å². The fourth-order valence-corrected chi connectivity index (χ4v) is 4.31. The van der Waals surface area contributed by atoms with Gasteiger partial charge in [-0.15, -0.1) is 0 Å². The third-order valence-corrected chi connectivity index (χ3v) is 5.32. The fraction of sp³-hybridized carbons (Fsp3) is 1.00. The molecule has 3 aliphatic rings. The Morgan fingerprint density at radius 2 is 1.67 bits per heavy atom. The molecule has 1 N–H and O–H groups in total. The molecule has 2 saturated carbocycles. The summed E-state index contributed by atoms with van der Waals surface area (Å²) in [6, 6.07) is 0. The summed E-state index contributed by atoms with van der Waals surface area (Å²) < 4.78 is 6.59. The van der Waals surface area contributed by atoms with Gasteiger partial charge in [-0.2, -0.15) is 0 Å². The quantitative estimate of drug-likeness (QED) is 0.809. The van der Waals surface area contributed by atoms with Gasteiger partial charge in [0.05, 0.1) is 11.7 Å². The van der Waals surface area contributed by atoms with Crippen LogP contribution in [-0.4, -0.2) is 24.8 Å². The van der Waals surface area contributed by atoms with Gasteiger partial charge in [0.2, 0.25) is 0 Å². The van der Waals surface area contributed by atoms with E-state index < -0.39 is 0 Å². The number of nitrogens with one attached hydrogen (secondary N) is 1. The molecule has 0 aromatic heterocycles. The lowest BCUT2D eigenvalue weighted by atomic mass is 9.90. The van der Waals surface area contributed by atoms with Crippen LogP contribution in [0.4, 0.5) is 0 Å². The molecule has 0 aromatic carbocycles. The first-order valence-corrected chi connectivity index (χ1v) is 8.25. The second kappa shape index (κ2) is 5.92. The highest BCUT2D eigenvalue weighted by molar-refractivity contribution is 4.91. The maximum absolute atomic E-state index is 6.59. The van der Waals surface area contributed by atoms with Crippen molar-refractivity contribution in [3.8, 4) is 0 Å². The van der Waals surface area contributed by atoms with Gasteiger partial charge in [0, 0.05) is 13.1 Å². The van der Waals surface area contributed by atoms with E-state index in [1.807, 2.05) is 0 Å². The number of rotatable bonds is 2. The van der Waals surface area contributed by atoms with E-state index in [1.165, 1.54) is 70.6 Å². The van der Waals surface area contributed by atoms with Crippen LogP contribution in [0.15, 0.2) is 0 Å². The lowest BCUT2D eigenvalue weighted by molar-refractivity contribution is -0.129. The highest BCUT2D eigenvalue weighted by Crippen LogP contribution is 2.36. The highest BCUT2D eigenvalue weighted by atomic mass is 16.5. The van der Waals surface area contributed by atoms with E-state index >= 15 is 0 Å². The zero-order valence-electron chi connectivity index (χ0n) is 11.8. The van der Waals surface area contributed by atoms with Gasteiger partial charge in [0.25, 0.3) is 0 Å². The predicted octanol–water partition coefficient (Wildman–Crippen LogP) is 3.65. The van der Waals surface area contributed by atoms with Crippen LogP contribution in [0.5, 0.6) is 0 Å². The standard InChI is InChI=1S/C16H29NO/c1-2-6-10-16(9-5-1)13-17-12-15(18-16)11-14-7-3-4-8-14/h14-15,17H,1-13H2. The fourth-order valence-electron chi connectivity index (χ4n) is 4.31. The van der Waals surface area contributed by atoms with Crippen LogP contribution in [0.2, 0.25) is 0 Å². The van der Waals surface area contributed by atoms with Gasteiger partial charge >= 0.3 is 0 Å². The Kier molecular flexibility index (Phi) is 4.25. The van der Waals surface area contributed by atoms with Gasteiger partial charge < -0.3 is 10.1 Å². The first kappa shape index (κ1) is 12.9. The first-order valence-electron chi connectivity index (χ1n) is 8.25. The molecule has 0 amide bonds. The number of morpholine rings is 1. The Morgan fingerprint density at radius 3 is 2.39 bits per heavy atom. The van der Waals surface area contributed by atoms with Crippen molar-refractivity contribution >= 4 is 0 Å². The Bertz CT molecular complexity index is 252. The molecule has 1 spiro atoms. The van der Waals surface area contributed by atoms with E-state index in [1.54, 1.807) is 0 Å². The maximum Gasteiger partial charge on any atom is 0.0810 e. The summed E-state index contributed by atoms with van der Waals surface area (Å²) in [6.07, 6.45) is 15.8. The predicted molar refractivity (Wildman–Crippen MR) is 74.8 cm³/mol. The van der Waals surface area contributed by atoms with Crippen LogP contribution >= 0.6 is 0 Å². The minimum Gasteiger partial charge on any atom is -0.369 e. The molecule has 2 nitrogen and oxygen atoms in total. The van der Waals surface area contributed by atoms with Crippen LogP contribution in [0.25, 0.3) is 0 Å². The third-order valence-electron chi connectivity index (χ3n) is 5.32. The smallest absolute Gasteiger partial charge is 0.0810 e. The van der Waals surface area contributed by atoms with Gasteiger partial charge in [-0.05, 0) is 25.2 Å². The maximum atomic E-state index is 6.59. The van der Waals surface area contributed by atoms with Gasteiger partial charge in [-0.25, -0.2) is 0 Å². The molecule has 1 heterocycles. The first-order chi connectivity index (χ1) is 8.86. The average molecular weight is 251 g/mol. The molecule has 1 aliphatic heterocycles. The van der Waals surface area contributed by atoms with Crippen LogP contribution in [-0.2, 0) is 4.74 Å². The second-order valence-corrected chi connectivity index (χ2v) is 6.85. The molecule has 3 fully saturated rings. The molecule has 0 aromatic rings. The molecule has 0 radical (unpaired) electrons. The molecule has 104 valence electrons. The van der Waals surface area contributed by atoms with Crippen LogP contribution in [0.3, 0.4) is 0 Å².